The second-order valence-electron chi connectivity index (χ2n) is 9.98. The number of benzene rings is 3. The molecule has 1 heteroatoms. The van der Waals surface area contributed by atoms with Gasteiger partial charge in [-0.3, -0.25) is 0 Å². The summed E-state index contributed by atoms with van der Waals surface area (Å²) in [4.78, 5) is 0. The fourth-order valence-corrected chi connectivity index (χ4v) is 4.84. The minimum atomic E-state index is 0.774. The molecule has 1 aliphatic rings. The molecule has 1 saturated heterocycles. The maximum atomic E-state index is 3.45. The number of nitrogens with one attached hydrogen (secondary N) is 1. The van der Waals surface area contributed by atoms with Crippen molar-refractivity contribution >= 4 is 0 Å². The van der Waals surface area contributed by atoms with Crippen LogP contribution in [0, 0.1) is 13.8 Å². The van der Waals surface area contributed by atoms with Gasteiger partial charge in [0.2, 0.25) is 0 Å². The largest absolute Gasteiger partial charge is 0.317 e. The van der Waals surface area contributed by atoms with E-state index in [1.807, 2.05) is 0 Å². The predicted molar refractivity (Wildman–Crippen MR) is 149 cm³/mol. The lowest BCUT2D eigenvalue weighted by Crippen LogP contribution is -2.26. The Morgan fingerprint density at radius 2 is 1.26 bits per heavy atom. The van der Waals surface area contributed by atoms with Crippen LogP contribution in [0.5, 0.6) is 0 Å². The van der Waals surface area contributed by atoms with Crippen LogP contribution in [-0.4, -0.2) is 13.1 Å². The average molecular weight is 456 g/mol. The van der Waals surface area contributed by atoms with Crippen molar-refractivity contribution in [1.29, 1.82) is 0 Å². The first-order valence-electron chi connectivity index (χ1n) is 13.6. The number of aryl methyl sites for hydroxylation is 5. The van der Waals surface area contributed by atoms with Crippen molar-refractivity contribution < 1.29 is 0 Å². The van der Waals surface area contributed by atoms with Crippen molar-refractivity contribution in [2.24, 2.45) is 0 Å². The summed E-state index contributed by atoms with van der Waals surface area (Å²) in [7, 11) is 0. The fourth-order valence-electron chi connectivity index (χ4n) is 4.84. The quantitative estimate of drug-likeness (QED) is 0.320. The number of rotatable bonds is 9. The molecule has 0 bridgehead atoms. The summed E-state index contributed by atoms with van der Waals surface area (Å²) in [6, 6.07) is 27.0. The molecule has 1 N–H and O–H groups in total. The van der Waals surface area contributed by atoms with Gasteiger partial charge in [0, 0.05) is 0 Å². The zero-order chi connectivity index (χ0) is 24.0. The van der Waals surface area contributed by atoms with Gasteiger partial charge in [0.05, 0.1) is 0 Å². The van der Waals surface area contributed by atoms with Crippen molar-refractivity contribution in [2.75, 3.05) is 13.1 Å². The minimum Gasteiger partial charge on any atom is -0.317 e. The van der Waals surface area contributed by atoms with Gasteiger partial charge in [0.15, 0.2) is 0 Å². The Morgan fingerprint density at radius 3 is 1.88 bits per heavy atom. The van der Waals surface area contributed by atoms with E-state index in [2.05, 4.69) is 98.9 Å². The van der Waals surface area contributed by atoms with Crippen LogP contribution in [0.4, 0.5) is 0 Å². The Labute approximate surface area is 209 Å². The van der Waals surface area contributed by atoms with Crippen molar-refractivity contribution in [3.05, 3.63) is 106 Å². The van der Waals surface area contributed by atoms with E-state index in [0.717, 1.165) is 5.92 Å². The minimum absolute atomic E-state index is 0.774. The lowest BCUT2D eigenvalue weighted by molar-refractivity contribution is 0.460. The van der Waals surface area contributed by atoms with E-state index < -0.39 is 0 Å². The summed E-state index contributed by atoms with van der Waals surface area (Å²) >= 11 is 0. The molecule has 0 aliphatic carbocycles. The van der Waals surface area contributed by atoms with Crippen LogP contribution in [0.2, 0.25) is 0 Å². The van der Waals surface area contributed by atoms with Crippen LogP contribution in [0.3, 0.4) is 0 Å². The Hall–Kier alpha value is -2.38. The first kappa shape index (κ1) is 26.2. The van der Waals surface area contributed by atoms with Gasteiger partial charge in [0.25, 0.3) is 0 Å². The standard InChI is InChI=1S/C22H29N.C11H16/c1-3-7-19(8-4-1)9-5-2-6-10-20-11-13-21(14-12-20)22-15-17-23-18-16-22;1-4-5-11-7-6-9(2)10(3)8-11/h1,3-4,7-8,11-14,22-23H,2,5-6,9-10,15-18H2;6-8H,4-5H2,1-3H3. The predicted octanol–water partition coefficient (Wildman–Crippen LogP) is 8.37. The Morgan fingerprint density at radius 1 is 0.647 bits per heavy atom. The summed E-state index contributed by atoms with van der Waals surface area (Å²) in [5.41, 5.74) is 8.79. The highest BCUT2D eigenvalue weighted by molar-refractivity contribution is 5.30. The Kier molecular flexibility index (Phi) is 11.4. The van der Waals surface area contributed by atoms with Crippen LogP contribution < -0.4 is 5.32 Å². The third-order valence-electron chi connectivity index (χ3n) is 7.17. The SMILES string of the molecule is CCCc1ccc(C)c(C)c1.c1ccc(CCCCCc2ccc(C3CCNCC3)cc2)cc1. The molecule has 4 rings (SSSR count). The van der Waals surface area contributed by atoms with E-state index >= 15 is 0 Å². The molecule has 0 atom stereocenters. The van der Waals surface area contributed by atoms with E-state index in [1.54, 1.807) is 5.56 Å². The monoisotopic (exact) mass is 455 g/mol. The zero-order valence-corrected chi connectivity index (χ0v) is 21.8. The van der Waals surface area contributed by atoms with E-state index in [9.17, 15) is 0 Å². The summed E-state index contributed by atoms with van der Waals surface area (Å²) in [6.45, 7) is 8.90. The second kappa shape index (κ2) is 14.8. The van der Waals surface area contributed by atoms with E-state index in [-0.39, 0.29) is 0 Å². The topological polar surface area (TPSA) is 12.0 Å². The fraction of sp³-hybridized carbons (Fsp3) is 0.455. The van der Waals surface area contributed by atoms with Gasteiger partial charge in [-0.2, -0.15) is 0 Å². The normalized spacial score (nSPS) is 13.9. The lowest BCUT2D eigenvalue weighted by atomic mass is 9.89. The highest BCUT2D eigenvalue weighted by Crippen LogP contribution is 2.25. The van der Waals surface area contributed by atoms with Crippen LogP contribution in [0.1, 0.15) is 84.7 Å². The van der Waals surface area contributed by atoms with Gasteiger partial charge < -0.3 is 5.32 Å². The van der Waals surface area contributed by atoms with Gasteiger partial charge in [-0.05, 0) is 111 Å². The highest BCUT2D eigenvalue weighted by atomic mass is 14.9. The van der Waals surface area contributed by atoms with Crippen molar-refractivity contribution in [3.8, 4) is 0 Å². The number of hydrogen-bond donors (Lipinski definition) is 1. The molecule has 0 radical (unpaired) electrons. The van der Waals surface area contributed by atoms with Crippen LogP contribution >= 0.6 is 0 Å². The molecule has 34 heavy (non-hydrogen) atoms. The Bertz CT molecular complexity index is 936. The van der Waals surface area contributed by atoms with Gasteiger partial charge in [-0.15, -0.1) is 0 Å². The summed E-state index contributed by atoms with van der Waals surface area (Å²) < 4.78 is 0. The molecule has 1 aliphatic heterocycles. The first-order chi connectivity index (χ1) is 16.7. The molecule has 0 amide bonds. The third kappa shape index (κ3) is 9.11. The van der Waals surface area contributed by atoms with Crippen LogP contribution in [0.15, 0.2) is 72.8 Å². The molecule has 1 nitrogen and oxygen atoms in total. The van der Waals surface area contributed by atoms with Crippen LogP contribution in [-0.2, 0) is 19.3 Å². The molecule has 182 valence electrons. The maximum Gasteiger partial charge on any atom is -0.00431 e. The molecule has 0 spiro atoms. The van der Waals surface area contributed by atoms with Crippen molar-refractivity contribution in [2.45, 2.75) is 84.5 Å². The van der Waals surface area contributed by atoms with Gasteiger partial charge >= 0.3 is 0 Å². The van der Waals surface area contributed by atoms with Gasteiger partial charge in [0.1, 0.15) is 0 Å². The molecule has 1 heterocycles. The van der Waals surface area contributed by atoms with Gasteiger partial charge in [-0.1, -0.05) is 92.6 Å². The molecular weight excluding hydrogens is 410 g/mol. The van der Waals surface area contributed by atoms with E-state index in [0.29, 0.717) is 0 Å². The summed E-state index contributed by atoms with van der Waals surface area (Å²) in [5, 5.41) is 3.45. The number of unbranched alkanes of at least 4 members (excludes halogenated alkanes) is 2. The van der Waals surface area contributed by atoms with Crippen molar-refractivity contribution in [3.63, 3.8) is 0 Å². The average Bonchev–Trinajstić information content (AvgIpc) is 2.88. The molecule has 0 saturated carbocycles. The molecule has 3 aromatic rings. The molecule has 3 aromatic carbocycles. The molecule has 0 unspecified atom stereocenters. The smallest absolute Gasteiger partial charge is 0.00431 e. The number of hydrogen-bond acceptors (Lipinski definition) is 1. The Balaban J connectivity index is 0.000000248. The molecule has 0 aromatic heterocycles. The maximum absolute atomic E-state index is 3.45. The van der Waals surface area contributed by atoms with Gasteiger partial charge in [-0.25, -0.2) is 0 Å². The summed E-state index contributed by atoms with van der Waals surface area (Å²) in [6.07, 6.45) is 11.4. The second-order valence-corrected chi connectivity index (χ2v) is 9.98. The highest BCUT2D eigenvalue weighted by Gasteiger charge is 2.14. The first-order valence-corrected chi connectivity index (χ1v) is 13.6. The molecular formula is C33H45N. The zero-order valence-electron chi connectivity index (χ0n) is 21.8. The number of piperidine rings is 1. The molecule has 1 fully saturated rings. The van der Waals surface area contributed by atoms with Crippen molar-refractivity contribution in [1.82, 2.24) is 5.32 Å². The van der Waals surface area contributed by atoms with Crippen LogP contribution in [0.25, 0.3) is 0 Å². The van der Waals surface area contributed by atoms with E-state index in [4.69, 9.17) is 0 Å². The summed E-state index contributed by atoms with van der Waals surface area (Å²) in [5.74, 6) is 0.774. The van der Waals surface area contributed by atoms with E-state index in [1.165, 1.54) is 98.7 Å². The lowest BCUT2D eigenvalue weighted by Gasteiger charge is -2.23. The third-order valence-corrected chi connectivity index (χ3v) is 7.17.